The highest BCUT2D eigenvalue weighted by Crippen LogP contribution is 2.35. The number of nitrogen functional groups attached to an aromatic ring is 1. The molecule has 3 aromatic rings. The quantitative estimate of drug-likeness (QED) is 0.789. The molecule has 120 valence electrons. The number of aromatic nitrogens is 5. The number of hydrogen-bond acceptors (Lipinski definition) is 4. The molecule has 4 rings (SSSR count). The summed E-state index contributed by atoms with van der Waals surface area (Å²) in [4.78, 5) is 4.61. The summed E-state index contributed by atoms with van der Waals surface area (Å²) in [5, 5.41) is 8.38. The van der Waals surface area contributed by atoms with Crippen molar-refractivity contribution < 1.29 is 4.39 Å². The Labute approximate surface area is 133 Å². The second kappa shape index (κ2) is 5.33. The molecule has 3 heterocycles. The Balaban J connectivity index is 1.89. The molecule has 2 N–H and O–H groups in total. The van der Waals surface area contributed by atoms with Crippen LogP contribution in [0.2, 0.25) is 0 Å². The summed E-state index contributed by atoms with van der Waals surface area (Å²) in [5.41, 5.74) is 8.79. The van der Waals surface area contributed by atoms with Gasteiger partial charge in [-0.15, -0.1) is 0 Å². The first-order valence-corrected chi connectivity index (χ1v) is 7.97. The van der Waals surface area contributed by atoms with Gasteiger partial charge in [-0.2, -0.15) is 14.7 Å². The van der Waals surface area contributed by atoms with E-state index in [1.54, 1.807) is 17.1 Å². The van der Waals surface area contributed by atoms with E-state index < -0.39 is 5.82 Å². The monoisotopic (exact) mass is 314 g/mol. The molecule has 1 aliphatic carbocycles. The van der Waals surface area contributed by atoms with E-state index in [4.69, 9.17) is 5.73 Å². The van der Waals surface area contributed by atoms with Crippen molar-refractivity contribution >= 4 is 11.5 Å². The molecule has 0 unspecified atom stereocenters. The second-order valence-corrected chi connectivity index (χ2v) is 6.23. The first-order valence-electron chi connectivity index (χ1n) is 7.97. The highest BCUT2D eigenvalue weighted by atomic mass is 19.1. The number of fused-ring (bicyclic) bond motifs is 1. The maximum atomic E-state index is 14.7. The summed E-state index contributed by atoms with van der Waals surface area (Å²) >= 11 is 0. The molecule has 7 heteroatoms. The molecule has 1 saturated carbocycles. The summed E-state index contributed by atoms with van der Waals surface area (Å²) < 4.78 is 17.8. The molecular weight excluding hydrogens is 295 g/mol. The van der Waals surface area contributed by atoms with Crippen LogP contribution in [0.4, 0.5) is 10.2 Å². The number of halogens is 1. The van der Waals surface area contributed by atoms with Crippen molar-refractivity contribution in [1.29, 1.82) is 0 Å². The molecule has 1 aliphatic rings. The maximum absolute atomic E-state index is 14.7. The van der Waals surface area contributed by atoms with Gasteiger partial charge in [0.05, 0.1) is 18.1 Å². The summed E-state index contributed by atoms with van der Waals surface area (Å²) in [6.07, 6.45) is 10.7. The van der Waals surface area contributed by atoms with Crippen molar-refractivity contribution in [3.8, 4) is 11.1 Å². The molecule has 0 radical (unpaired) electrons. The van der Waals surface area contributed by atoms with Gasteiger partial charge in [-0.3, -0.25) is 4.68 Å². The largest absolute Gasteiger partial charge is 0.381 e. The van der Waals surface area contributed by atoms with Gasteiger partial charge in [0, 0.05) is 30.3 Å². The van der Waals surface area contributed by atoms with Crippen LogP contribution in [-0.4, -0.2) is 24.4 Å². The summed E-state index contributed by atoms with van der Waals surface area (Å²) in [5.74, 6) is -0.247. The van der Waals surface area contributed by atoms with Crippen molar-refractivity contribution in [2.24, 2.45) is 7.05 Å². The van der Waals surface area contributed by atoms with Crippen molar-refractivity contribution in [1.82, 2.24) is 24.4 Å². The average Bonchev–Trinajstić information content (AvgIpc) is 3.17. The maximum Gasteiger partial charge on any atom is 0.187 e. The minimum absolute atomic E-state index is 0.0331. The van der Waals surface area contributed by atoms with E-state index in [2.05, 4.69) is 15.2 Å². The van der Waals surface area contributed by atoms with Gasteiger partial charge < -0.3 is 5.73 Å². The van der Waals surface area contributed by atoms with Gasteiger partial charge >= 0.3 is 0 Å². The van der Waals surface area contributed by atoms with Crippen LogP contribution in [0.25, 0.3) is 16.8 Å². The Morgan fingerprint density at radius 2 is 1.96 bits per heavy atom. The molecule has 0 aromatic carbocycles. The van der Waals surface area contributed by atoms with Crippen LogP contribution < -0.4 is 5.73 Å². The Hall–Kier alpha value is -2.44. The van der Waals surface area contributed by atoms with Crippen LogP contribution in [0.3, 0.4) is 0 Å². The number of nitrogens with zero attached hydrogens (tertiary/aromatic N) is 5. The van der Waals surface area contributed by atoms with Crippen LogP contribution in [0.5, 0.6) is 0 Å². The molecule has 0 aliphatic heterocycles. The van der Waals surface area contributed by atoms with E-state index in [1.807, 2.05) is 13.2 Å². The predicted molar refractivity (Wildman–Crippen MR) is 85.4 cm³/mol. The van der Waals surface area contributed by atoms with E-state index in [0.717, 1.165) is 36.8 Å². The Kier molecular flexibility index (Phi) is 3.28. The van der Waals surface area contributed by atoms with E-state index in [-0.39, 0.29) is 11.7 Å². The normalized spacial score (nSPS) is 16.3. The lowest BCUT2D eigenvalue weighted by Crippen LogP contribution is -2.14. The molecule has 0 saturated heterocycles. The highest BCUT2D eigenvalue weighted by molar-refractivity contribution is 5.77. The number of anilines is 1. The second-order valence-electron chi connectivity index (χ2n) is 6.23. The van der Waals surface area contributed by atoms with Crippen molar-refractivity contribution in [3.05, 3.63) is 30.1 Å². The Morgan fingerprint density at radius 1 is 1.17 bits per heavy atom. The molecule has 0 atom stereocenters. The van der Waals surface area contributed by atoms with E-state index in [1.165, 1.54) is 10.9 Å². The first kappa shape index (κ1) is 14.2. The molecule has 0 amide bonds. The molecular formula is C16H19FN6. The first-order chi connectivity index (χ1) is 11.1. The number of aryl methyl sites for hydroxylation is 1. The fourth-order valence-electron chi connectivity index (χ4n) is 3.42. The summed E-state index contributed by atoms with van der Waals surface area (Å²) in [6, 6.07) is 0. The van der Waals surface area contributed by atoms with Crippen molar-refractivity contribution in [2.75, 3.05) is 5.73 Å². The third-order valence-electron chi connectivity index (χ3n) is 4.66. The number of nitrogens with two attached hydrogens (primary N) is 1. The topological polar surface area (TPSA) is 74.0 Å². The summed E-state index contributed by atoms with van der Waals surface area (Å²) in [6.45, 7) is 0. The average molecular weight is 314 g/mol. The number of rotatable bonds is 2. The van der Waals surface area contributed by atoms with Crippen molar-refractivity contribution in [3.63, 3.8) is 0 Å². The van der Waals surface area contributed by atoms with Gasteiger partial charge in [0.15, 0.2) is 17.3 Å². The lowest BCUT2D eigenvalue weighted by molar-refractivity contribution is 0.420. The zero-order valence-corrected chi connectivity index (χ0v) is 13.0. The van der Waals surface area contributed by atoms with E-state index in [9.17, 15) is 4.39 Å². The molecule has 1 fully saturated rings. The smallest absolute Gasteiger partial charge is 0.187 e. The van der Waals surface area contributed by atoms with Gasteiger partial charge in [0.1, 0.15) is 0 Å². The van der Waals surface area contributed by atoms with Crippen LogP contribution >= 0.6 is 0 Å². The fraction of sp³-hybridized carbons (Fsp3) is 0.438. The minimum atomic E-state index is -0.426. The lowest BCUT2D eigenvalue weighted by Gasteiger charge is -2.22. The fourth-order valence-corrected chi connectivity index (χ4v) is 3.42. The third kappa shape index (κ3) is 2.27. The Bertz CT molecular complexity index is 859. The molecule has 0 spiro atoms. The van der Waals surface area contributed by atoms with E-state index >= 15 is 0 Å². The van der Waals surface area contributed by atoms with Gasteiger partial charge in [-0.1, -0.05) is 19.3 Å². The molecule has 23 heavy (non-hydrogen) atoms. The lowest BCUT2D eigenvalue weighted by atomic mass is 9.86. The summed E-state index contributed by atoms with van der Waals surface area (Å²) in [7, 11) is 1.85. The standard InChI is InChI=1S/C16H19FN6/c1-22-9-11(7-19-22)12-8-20-23-15(18)13(17)14(21-16(12)23)10-5-3-2-4-6-10/h7-10H,2-6,18H2,1H3. The zero-order chi connectivity index (χ0) is 16.0. The zero-order valence-electron chi connectivity index (χ0n) is 13.0. The van der Waals surface area contributed by atoms with Crippen LogP contribution in [0.15, 0.2) is 18.6 Å². The predicted octanol–water partition coefficient (Wildman–Crippen LogP) is 2.90. The molecule has 3 aromatic heterocycles. The van der Waals surface area contributed by atoms with Crippen LogP contribution in [0.1, 0.15) is 43.7 Å². The van der Waals surface area contributed by atoms with Gasteiger partial charge in [-0.25, -0.2) is 9.37 Å². The minimum Gasteiger partial charge on any atom is -0.381 e. The van der Waals surface area contributed by atoms with Gasteiger partial charge in [0.2, 0.25) is 0 Å². The third-order valence-corrected chi connectivity index (χ3v) is 4.66. The van der Waals surface area contributed by atoms with E-state index in [0.29, 0.717) is 11.3 Å². The molecule has 6 nitrogen and oxygen atoms in total. The highest BCUT2D eigenvalue weighted by Gasteiger charge is 2.25. The van der Waals surface area contributed by atoms with Crippen LogP contribution in [-0.2, 0) is 7.05 Å². The SMILES string of the molecule is Cn1cc(-c2cnn3c(N)c(F)c(C4CCCCC4)nc23)cn1. The van der Waals surface area contributed by atoms with Crippen molar-refractivity contribution in [2.45, 2.75) is 38.0 Å². The van der Waals surface area contributed by atoms with Crippen LogP contribution in [0, 0.1) is 5.82 Å². The number of hydrogen-bond donors (Lipinski definition) is 1. The van der Waals surface area contributed by atoms with Gasteiger partial charge in [-0.05, 0) is 12.8 Å². The molecule has 0 bridgehead atoms. The van der Waals surface area contributed by atoms with Gasteiger partial charge in [0.25, 0.3) is 0 Å². The Morgan fingerprint density at radius 3 is 2.65 bits per heavy atom.